The van der Waals surface area contributed by atoms with Gasteiger partial charge in [-0.3, -0.25) is 9.59 Å². The van der Waals surface area contributed by atoms with Gasteiger partial charge in [0.2, 0.25) is 0 Å². The van der Waals surface area contributed by atoms with Gasteiger partial charge in [-0.25, -0.2) is 14.6 Å². The van der Waals surface area contributed by atoms with Crippen LogP contribution in [0.1, 0.15) is 21.5 Å². The van der Waals surface area contributed by atoms with E-state index in [1.807, 2.05) is 6.92 Å². The number of benzene rings is 3. The Morgan fingerprint density at radius 3 is 2.34 bits per heavy atom. The molecule has 32 heavy (non-hydrogen) atoms. The Kier molecular flexibility index (Phi) is 7.45. The van der Waals surface area contributed by atoms with Gasteiger partial charge in [0.05, 0.1) is 11.8 Å². The normalized spacial score (nSPS) is 10.6. The molecule has 0 saturated heterocycles. The fourth-order valence-corrected chi connectivity index (χ4v) is 2.87. The van der Waals surface area contributed by atoms with Crippen LogP contribution in [-0.2, 0) is 9.59 Å². The fourth-order valence-electron chi connectivity index (χ4n) is 2.49. The third kappa shape index (κ3) is 6.32. The summed E-state index contributed by atoms with van der Waals surface area (Å²) in [4.78, 5) is 36.3. The Hall–Kier alpha value is -3.85. The zero-order valence-electron chi connectivity index (χ0n) is 16.8. The monoisotopic (exact) mass is 497 g/mol. The number of nitrogens with zero attached hydrogens (tertiary/aromatic N) is 1. The average molecular weight is 498 g/mol. The SMILES string of the molecule is Cc1ccc(C(=O)Oc2ccc(Br)cc2C=NNC(=O)C(=O)Nc2ccc(F)cc2)cc1. The maximum Gasteiger partial charge on any atom is 0.343 e. The molecule has 0 fully saturated rings. The quantitative estimate of drug-likeness (QED) is 0.181. The van der Waals surface area contributed by atoms with Gasteiger partial charge in [-0.2, -0.15) is 5.10 Å². The second-order valence-electron chi connectivity index (χ2n) is 6.60. The van der Waals surface area contributed by atoms with Crippen molar-refractivity contribution in [2.24, 2.45) is 5.10 Å². The molecular weight excluding hydrogens is 481 g/mol. The Balaban J connectivity index is 1.65. The Bertz CT molecular complexity index is 1180. The first kappa shape index (κ1) is 22.8. The van der Waals surface area contributed by atoms with Crippen molar-refractivity contribution in [2.45, 2.75) is 6.92 Å². The predicted octanol–water partition coefficient (Wildman–Crippen LogP) is 4.20. The lowest BCUT2D eigenvalue weighted by molar-refractivity contribution is -0.136. The highest BCUT2D eigenvalue weighted by atomic mass is 79.9. The minimum absolute atomic E-state index is 0.215. The standard InChI is InChI=1S/C23H17BrFN3O4/c1-14-2-4-15(5-3-14)23(31)32-20-11-6-17(24)12-16(20)13-26-28-22(30)21(29)27-19-9-7-18(25)8-10-19/h2-13H,1H3,(H,27,29)(H,28,30). The van der Waals surface area contributed by atoms with Crippen molar-refractivity contribution >= 4 is 45.6 Å². The summed E-state index contributed by atoms with van der Waals surface area (Å²) in [6, 6.07) is 16.7. The zero-order valence-corrected chi connectivity index (χ0v) is 18.4. The van der Waals surface area contributed by atoms with E-state index in [1.54, 1.807) is 42.5 Å². The molecule has 2 amide bonds. The average Bonchev–Trinajstić information content (AvgIpc) is 2.77. The summed E-state index contributed by atoms with van der Waals surface area (Å²) < 4.78 is 19.1. The number of nitrogens with one attached hydrogen (secondary N) is 2. The highest BCUT2D eigenvalue weighted by Gasteiger charge is 2.14. The van der Waals surface area contributed by atoms with Crippen LogP contribution in [0, 0.1) is 12.7 Å². The van der Waals surface area contributed by atoms with Crippen molar-refractivity contribution in [3.63, 3.8) is 0 Å². The van der Waals surface area contributed by atoms with E-state index < -0.39 is 23.6 Å². The summed E-state index contributed by atoms with van der Waals surface area (Å²) in [5.41, 5.74) is 4.13. The number of rotatable bonds is 5. The van der Waals surface area contributed by atoms with E-state index in [9.17, 15) is 18.8 Å². The molecule has 0 aromatic heterocycles. The summed E-state index contributed by atoms with van der Waals surface area (Å²) in [5.74, 6) is -2.81. The largest absolute Gasteiger partial charge is 0.422 e. The molecule has 0 heterocycles. The van der Waals surface area contributed by atoms with Crippen molar-refractivity contribution in [1.29, 1.82) is 0 Å². The maximum atomic E-state index is 12.9. The number of hydrogen-bond donors (Lipinski definition) is 2. The first-order valence-corrected chi connectivity index (χ1v) is 10.1. The second-order valence-corrected chi connectivity index (χ2v) is 7.51. The lowest BCUT2D eigenvalue weighted by Crippen LogP contribution is -2.32. The molecule has 0 aliphatic rings. The number of anilines is 1. The number of hydrogen-bond acceptors (Lipinski definition) is 5. The van der Waals surface area contributed by atoms with Crippen LogP contribution in [0.2, 0.25) is 0 Å². The molecule has 0 saturated carbocycles. The summed E-state index contributed by atoms with van der Waals surface area (Å²) in [6.45, 7) is 1.91. The van der Waals surface area contributed by atoms with E-state index >= 15 is 0 Å². The molecule has 9 heteroatoms. The van der Waals surface area contributed by atoms with Crippen molar-refractivity contribution in [3.8, 4) is 5.75 Å². The van der Waals surface area contributed by atoms with E-state index in [0.29, 0.717) is 15.6 Å². The number of ether oxygens (including phenoxy) is 1. The third-order valence-corrected chi connectivity index (χ3v) is 4.63. The molecule has 0 aliphatic heterocycles. The van der Waals surface area contributed by atoms with Gasteiger partial charge in [0.1, 0.15) is 11.6 Å². The van der Waals surface area contributed by atoms with Gasteiger partial charge < -0.3 is 10.1 Å². The molecule has 3 rings (SSSR count). The van der Waals surface area contributed by atoms with E-state index in [2.05, 4.69) is 31.8 Å². The highest BCUT2D eigenvalue weighted by Crippen LogP contribution is 2.23. The van der Waals surface area contributed by atoms with E-state index in [1.165, 1.54) is 18.3 Å². The smallest absolute Gasteiger partial charge is 0.343 e. The first-order valence-electron chi connectivity index (χ1n) is 9.30. The van der Waals surface area contributed by atoms with Gasteiger partial charge in [0, 0.05) is 15.7 Å². The minimum Gasteiger partial charge on any atom is -0.422 e. The molecule has 3 aromatic rings. The molecule has 0 radical (unpaired) electrons. The van der Waals surface area contributed by atoms with Crippen LogP contribution in [0.25, 0.3) is 0 Å². The molecule has 0 unspecified atom stereocenters. The third-order valence-electron chi connectivity index (χ3n) is 4.14. The lowest BCUT2D eigenvalue weighted by Gasteiger charge is -2.08. The summed E-state index contributed by atoms with van der Waals surface area (Å²) >= 11 is 3.32. The topological polar surface area (TPSA) is 96.9 Å². The molecule has 162 valence electrons. The zero-order chi connectivity index (χ0) is 23.1. The van der Waals surface area contributed by atoms with Crippen molar-refractivity contribution in [2.75, 3.05) is 5.32 Å². The molecule has 0 spiro atoms. The maximum absolute atomic E-state index is 12.9. The second kappa shape index (κ2) is 10.5. The molecule has 7 nitrogen and oxygen atoms in total. The van der Waals surface area contributed by atoms with Crippen LogP contribution < -0.4 is 15.5 Å². The number of hydrazone groups is 1. The van der Waals surface area contributed by atoms with Gasteiger partial charge >= 0.3 is 17.8 Å². The highest BCUT2D eigenvalue weighted by molar-refractivity contribution is 9.10. The van der Waals surface area contributed by atoms with Crippen LogP contribution >= 0.6 is 15.9 Å². The number of aryl methyl sites for hydroxylation is 1. The molecule has 0 aliphatic carbocycles. The first-order chi connectivity index (χ1) is 15.3. The summed E-state index contributed by atoms with van der Waals surface area (Å²) in [5, 5.41) is 6.07. The van der Waals surface area contributed by atoms with Crippen molar-refractivity contribution in [1.82, 2.24) is 5.43 Å². The van der Waals surface area contributed by atoms with E-state index in [4.69, 9.17) is 4.74 Å². The van der Waals surface area contributed by atoms with Crippen LogP contribution in [-0.4, -0.2) is 24.0 Å². The molecule has 0 bridgehead atoms. The van der Waals surface area contributed by atoms with Gasteiger partial charge in [-0.1, -0.05) is 33.6 Å². The van der Waals surface area contributed by atoms with Crippen molar-refractivity contribution < 1.29 is 23.5 Å². The van der Waals surface area contributed by atoms with Gasteiger partial charge in [-0.05, 0) is 61.5 Å². The van der Waals surface area contributed by atoms with Gasteiger partial charge in [0.15, 0.2) is 0 Å². The number of esters is 1. The van der Waals surface area contributed by atoms with Gasteiger partial charge in [-0.15, -0.1) is 0 Å². The number of halogens is 2. The number of carbonyl (C=O) groups is 3. The van der Waals surface area contributed by atoms with E-state index in [0.717, 1.165) is 17.7 Å². The van der Waals surface area contributed by atoms with Crippen LogP contribution in [0.3, 0.4) is 0 Å². The minimum atomic E-state index is -1.03. The van der Waals surface area contributed by atoms with Crippen LogP contribution in [0.4, 0.5) is 10.1 Å². The Labute approximate surface area is 191 Å². The number of carbonyl (C=O) groups excluding carboxylic acids is 3. The van der Waals surface area contributed by atoms with E-state index in [-0.39, 0.29) is 11.4 Å². The summed E-state index contributed by atoms with van der Waals surface area (Å²) in [6.07, 6.45) is 1.24. The molecule has 3 aromatic carbocycles. The molecule has 0 atom stereocenters. The van der Waals surface area contributed by atoms with Crippen molar-refractivity contribution in [3.05, 3.63) is 93.7 Å². The van der Waals surface area contributed by atoms with Gasteiger partial charge in [0.25, 0.3) is 0 Å². The lowest BCUT2D eigenvalue weighted by atomic mass is 10.1. The number of amides is 2. The Morgan fingerprint density at radius 1 is 0.969 bits per heavy atom. The van der Waals surface area contributed by atoms with Crippen LogP contribution in [0.15, 0.2) is 76.3 Å². The molecular formula is C23H17BrFN3O4. The fraction of sp³-hybridized carbons (Fsp3) is 0.0435. The summed E-state index contributed by atoms with van der Waals surface area (Å²) in [7, 11) is 0. The predicted molar refractivity (Wildman–Crippen MR) is 121 cm³/mol. The molecule has 2 N–H and O–H groups in total. The van der Waals surface area contributed by atoms with Crippen LogP contribution in [0.5, 0.6) is 5.75 Å². The Morgan fingerprint density at radius 2 is 1.66 bits per heavy atom.